The number of benzene rings is 2. The van der Waals surface area contributed by atoms with Gasteiger partial charge in [-0.25, -0.2) is 0 Å². The number of hydrogen-bond acceptors (Lipinski definition) is 2. The minimum Gasteiger partial charge on any atom is -0.326 e. The summed E-state index contributed by atoms with van der Waals surface area (Å²) in [6.07, 6.45) is 0.190. The van der Waals surface area contributed by atoms with Crippen molar-refractivity contribution in [1.82, 2.24) is 0 Å². The molecule has 2 amide bonds. The van der Waals surface area contributed by atoms with Gasteiger partial charge in [-0.2, -0.15) is 0 Å². The lowest BCUT2D eigenvalue weighted by molar-refractivity contribution is -0.117. The summed E-state index contributed by atoms with van der Waals surface area (Å²) < 4.78 is 0. The first-order chi connectivity index (χ1) is 12.7. The van der Waals surface area contributed by atoms with Crippen LogP contribution in [0.3, 0.4) is 0 Å². The maximum absolute atomic E-state index is 12.3. The number of nitrogens with one attached hydrogen (secondary N) is 1. The van der Waals surface area contributed by atoms with Crippen molar-refractivity contribution in [2.45, 2.75) is 47.0 Å². The highest BCUT2D eigenvalue weighted by Gasteiger charge is 2.19. The Labute approximate surface area is 166 Å². The van der Waals surface area contributed by atoms with Crippen molar-refractivity contribution in [3.63, 3.8) is 0 Å². The van der Waals surface area contributed by atoms with Crippen LogP contribution < -0.4 is 10.2 Å². The van der Waals surface area contributed by atoms with E-state index < -0.39 is 0 Å². The third kappa shape index (κ3) is 5.57. The second-order valence-electron chi connectivity index (χ2n) is 7.16. The minimum absolute atomic E-state index is 0.139. The van der Waals surface area contributed by atoms with Gasteiger partial charge in [0.2, 0.25) is 11.8 Å². The van der Waals surface area contributed by atoms with Gasteiger partial charge in [0, 0.05) is 25.6 Å². The molecule has 2 aromatic carbocycles. The van der Waals surface area contributed by atoms with E-state index in [1.165, 1.54) is 12.5 Å². The first kappa shape index (κ1) is 21.0. The van der Waals surface area contributed by atoms with Crippen LogP contribution in [0.15, 0.2) is 36.4 Å². The molecule has 5 heteroatoms. The van der Waals surface area contributed by atoms with Gasteiger partial charge in [0.1, 0.15) is 0 Å². The molecule has 0 heterocycles. The second-order valence-corrected chi connectivity index (χ2v) is 7.56. The van der Waals surface area contributed by atoms with E-state index in [4.69, 9.17) is 11.6 Å². The van der Waals surface area contributed by atoms with E-state index in [1.54, 1.807) is 4.90 Å². The number of carbonyl (C=O) groups excluding carboxylic acids is 2. The molecule has 0 saturated heterocycles. The number of carbonyl (C=O) groups is 2. The van der Waals surface area contributed by atoms with Crippen LogP contribution in [0.2, 0.25) is 5.02 Å². The van der Waals surface area contributed by atoms with Crippen molar-refractivity contribution < 1.29 is 9.59 Å². The fourth-order valence-corrected chi connectivity index (χ4v) is 3.49. The zero-order valence-corrected chi connectivity index (χ0v) is 17.4. The largest absolute Gasteiger partial charge is 0.326 e. The van der Waals surface area contributed by atoms with Gasteiger partial charge in [-0.3, -0.25) is 9.59 Å². The molecule has 0 atom stereocenters. The van der Waals surface area contributed by atoms with Crippen LogP contribution in [-0.2, 0) is 9.59 Å². The molecule has 0 aliphatic carbocycles. The Morgan fingerprint density at radius 3 is 2.26 bits per heavy atom. The minimum atomic E-state index is -0.141. The SMILES string of the molecule is CC(=O)N(CCC(=O)Nc1ccc(C(C)C)cc1)c1c(C)cc(C)cc1Cl. The molecule has 0 saturated carbocycles. The molecule has 144 valence electrons. The van der Waals surface area contributed by atoms with Crippen LogP contribution in [0.1, 0.15) is 49.8 Å². The highest BCUT2D eigenvalue weighted by molar-refractivity contribution is 6.34. The molecule has 0 radical (unpaired) electrons. The Morgan fingerprint density at radius 2 is 1.74 bits per heavy atom. The zero-order valence-electron chi connectivity index (χ0n) is 16.6. The topological polar surface area (TPSA) is 49.4 Å². The molecule has 0 bridgehead atoms. The number of hydrogen-bond donors (Lipinski definition) is 1. The van der Waals surface area contributed by atoms with Crippen LogP contribution in [0.5, 0.6) is 0 Å². The van der Waals surface area contributed by atoms with Crippen LogP contribution in [0, 0.1) is 13.8 Å². The van der Waals surface area contributed by atoms with Gasteiger partial charge >= 0.3 is 0 Å². The summed E-state index contributed by atoms with van der Waals surface area (Å²) in [5.41, 5.74) is 4.60. The zero-order chi connectivity index (χ0) is 20.1. The Balaban J connectivity index is 2.06. The normalized spacial score (nSPS) is 10.8. The molecular formula is C22H27ClN2O2. The van der Waals surface area contributed by atoms with Gasteiger partial charge in [0.15, 0.2) is 0 Å². The number of halogens is 1. The predicted molar refractivity (Wildman–Crippen MR) is 113 cm³/mol. The average Bonchev–Trinajstić information content (AvgIpc) is 2.57. The van der Waals surface area contributed by atoms with E-state index in [9.17, 15) is 9.59 Å². The summed E-state index contributed by atoms with van der Waals surface area (Å²) in [7, 11) is 0. The van der Waals surface area contributed by atoms with Gasteiger partial charge < -0.3 is 10.2 Å². The smallest absolute Gasteiger partial charge is 0.226 e. The summed E-state index contributed by atoms with van der Waals surface area (Å²) in [5, 5.41) is 3.40. The van der Waals surface area contributed by atoms with Crippen molar-refractivity contribution in [1.29, 1.82) is 0 Å². The second kappa shape index (κ2) is 9.05. The fourth-order valence-electron chi connectivity index (χ4n) is 3.06. The van der Waals surface area contributed by atoms with E-state index in [0.717, 1.165) is 16.8 Å². The van der Waals surface area contributed by atoms with Crippen molar-refractivity contribution in [2.75, 3.05) is 16.8 Å². The summed E-state index contributed by atoms with van der Waals surface area (Å²) in [6.45, 7) is 9.89. The van der Waals surface area contributed by atoms with E-state index in [0.29, 0.717) is 16.6 Å². The number of amides is 2. The maximum atomic E-state index is 12.3. The van der Waals surface area contributed by atoms with E-state index in [1.807, 2.05) is 50.2 Å². The third-order valence-corrected chi connectivity index (χ3v) is 4.76. The van der Waals surface area contributed by atoms with Crippen LogP contribution in [-0.4, -0.2) is 18.4 Å². The van der Waals surface area contributed by atoms with E-state index in [-0.39, 0.29) is 24.8 Å². The summed E-state index contributed by atoms with van der Waals surface area (Å²) in [5.74, 6) is 0.166. The summed E-state index contributed by atoms with van der Waals surface area (Å²) >= 11 is 6.36. The van der Waals surface area contributed by atoms with Gasteiger partial charge in [-0.15, -0.1) is 0 Å². The summed E-state index contributed by atoms with van der Waals surface area (Å²) in [4.78, 5) is 26.0. The van der Waals surface area contributed by atoms with Crippen LogP contribution in [0.25, 0.3) is 0 Å². The molecule has 2 aromatic rings. The first-order valence-corrected chi connectivity index (χ1v) is 9.51. The molecule has 0 aliphatic rings. The molecule has 0 aliphatic heterocycles. The highest BCUT2D eigenvalue weighted by Crippen LogP contribution is 2.31. The molecule has 0 aromatic heterocycles. The van der Waals surface area contributed by atoms with Crippen LogP contribution >= 0.6 is 11.6 Å². The average molecular weight is 387 g/mol. The molecule has 1 N–H and O–H groups in total. The van der Waals surface area contributed by atoms with Gasteiger partial charge in [-0.05, 0) is 54.7 Å². The lowest BCUT2D eigenvalue weighted by Crippen LogP contribution is -2.32. The number of rotatable bonds is 6. The highest BCUT2D eigenvalue weighted by atomic mass is 35.5. The molecule has 0 unspecified atom stereocenters. The molecule has 0 fully saturated rings. The third-order valence-electron chi connectivity index (χ3n) is 4.47. The van der Waals surface area contributed by atoms with Gasteiger partial charge in [0.05, 0.1) is 10.7 Å². The van der Waals surface area contributed by atoms with E-state index >= 15 is 0 Å². The lowest BCUT2D eigenvalue weighted by Gasteiger charge is -2.24. The molecule has 2 rings (SSSR count). The molecule has 4 nitrogen and oxygen atoms in total. The fraction of sp³-hybridized carbons (Fsp3) is 0.364. The Kier molecular flexibility index (Phi) is 7.03. The standard InChI is InChI=1S/C22H27ClN2O2/c1-14(2)18-6-8-19(9-7-18)24-21(27)10-11-25(17(5)26)22-16(4)12-15(3)13-20(22)23/h6-9,12-14H,10-11H2,1-5H3,(H,24,27). The Morgan fingerprint density at radius 1 is 1.11 bits per heavy atom. The van der Waals surface area contributed by atoms with Crippen molar-refractivity contribution in [3.8, 4) is 0 Å². The van der Waals surface area contributed by atoms with Crippen molar-refractivity contribution in [3.05, 3.63) is 58.1 Å². The van der Waals surface area contributed by atoms with Gasteiger partial charge in [-0.1, -0.05) is 43.6 Å². The predicted octanol–water partition coefficient (Wildman–Crippen LogP) is 5.46. The Hall–Kier alpha value is -2.33. The Bertz CT molecular complexity index is 806. The number of aryl methyl sites for hydroxylation is 2. The molecular weight excluding hydrogens is 360 g/mol. The van der Waals surface area contributed by atoms with E-state index in [2.05, 4.69) is 19.2 Å². The molecule has 0 spiro atoms. The lowest BCUT2D eigenvalue weighted by atomic mass is 10.0. The van der Waals surface area contributed by atoms with Crippen LogP contribution in [0.4, 0.5) is 11.4 Å². The van der Waals surface area contributed by atoms with Crippen molar-refractivity contribution >= 4 is 34.8 Å². The quantitative estimate of drug-likeness (QED) is 0.716. The maximum Gasteiger partial charge on any atom is 0.226 e. The number of nitrogens with zero attached hydrogens (tertiary/aromatic N) is 1. The first-order valence-electron chi connectivity index (χ1n) is 9.13. The summed E-state index contributed by atoms with van der Waals surface area (Å²) in [6, 6.07) is 11.6. The monoisotopic (exact) mass is 386 g/mol. The van der Waals surface area contributed by atoms with Gasteiger partial charge in [0.25, 0.3) is 0 Å². The van der Waals surface area contributed by atoms with Crippen molar-refractivity contribution in [2.24, 2.45) is 0 Å². The molecule has 27 heavy (non-hydrogen) atoms. The number of anilines is 2.